The molecular weight excluding hydrogens is 384 g/mol. The fraction of sp³-hybridized carbons (Fsp3) is 0.381. The van der Waals surface area contributed by atoms with Crippen molar-refractivity contribution < 1.29 is 14.6 Å². The zero-order chi connectivity index (χ0) is 20.7. The van der Waals surface area contributed by atoms with Gasteiger partial charge in [-0.3, -0.25) is 10.4 Å². The molecule has 2 aromatic heterocycles. The molecule has 9 heteroatoms. The highest BCUT2D eigenvalue weighted by molar-refractivity contribution is 5.94. The summed E-state index contributed by atoms with van der Waals surface area (Å²) in [6.07, 6.45) is 2.29. The molecule has 0 saturated carbocycles. The first-order chi connectivity index (χ1) is 14.6. The number of anilines is 2. The van der Waals surface area contributed by atoms with Crippen LogP contribution in [0.15, 0.2) is 42.6 Å². The number of hydrogen-bond donors (Lipinski definition) is 4. The Balaban J connectivity index is 1.30. The van der Waals surface area contributed by atoms with E-state index in [-0.39, 0.29) is 6.10 Å². The molecule has 0 aliphatic carbocycles. The van der Waals surface area contributed by atoms with E-state index in [0.29, 0.717) is 11.9 Å². The molecule has 2 aliphatic heterocycles. The Hall–Kier alpha value is -3.17. The number of nitrogens with one attached hydrogen (secondary N) is 3. The number of aliphatic hydroxyl groups is 1. The van der Waals surface area contributed by atoms with Crippen LogP contribution in [-0.2, 0) is 4.74 Å². The second-order valence-corrected chi connectivity index (χ2v) is 7.89. The van der Waals surface area contributed by atoms with E-state index in [1.165, 1.54) is 0 Å². The van der Waals surface area contributed by atoms with E-state index in [1.54, 1.807) is 19.2 Å². The Morgan fingerprint density at radius 3 is 2.90 bits per heavy atom. The van der Waals surface area contributed by atoms with E-state index < -0.39 is 18.2 Å². The van der Waals surface area contributed by atoms with Crippen LogP contribution < -0.4 is 15.5 Å². The molecule has 2 bridgehead atoms. The third-order valence-corrected chi connectivity index (χ3v) is 5.77. The van der Waals surface area contributed by atoms with Gasteiger partial charge < -0.3 is 20.1 Å². The van der Waals surface area contributed by atoms with Crippen LogP contribution in [0.4, 0.5) is 16.4 Å². The number of hydrogen-bond acceptors (Lipinski definition) is 6. The minimum Gasteiger partial charge on any atom is -0.391 e. The number of carbonyl (C=O) groups excluding carboxylic acids is 1. The molecule has 3 aromatic rings. The van der Waals surface area contributed by atoms with Gasteiger partial charge in [-0.05, 0) is 18.9 Å². The number of amides is 2. The number of morpholine rings is 1. The van der Waals surface area contributed by atoms with Crippen LogP contribution in [0.3, 0.4) is 0 Å². The van der Waals surface area contributed by atoms with E-state index in [2.05, 4.69) is 30.7 Å². The summed E-state index contributed by atoms with van der Waals surface area (Å²) in [5.74, 6) is 1.28. The van der Waals surface area contributed by atoms with Crippen LogP contribution >= 0.6 is 0 Å². The molecule has 4 heterocycles. The van der Waals surface area contributed by atoms with Gasteiger partial charge in [0, 0.05) is 18.8 Å². The van der Waals surface area contributed by atoms with Crippen molar-refractivity contribution in [2.45, 2.75) is 37.6 Å². The topological polar surface area (TPSA) is 115 Å². The highest BCUT2D eigenvalue weighted by Crippen LogP contribution is 2.35. The average molecular weight is 408 g/mol. The van der Waals surface area contributed by atoms with Gasteiger partial charge in [-0.25, -0.2) is 9.78 Å². The number of pyridine rings is 1. The predicted octanol–water partition coefficient (Wildman–Crippen LogP) is 2.18. The molecule has 2 fully saturated rings. The number of aromatic nitrogens is 3. The molecule has 2 amide bonds. The van der Waals surface area contributed by atoms with E-state index >= 15 is 0 Å². The van der Waals surface area contributed by atoms with Crippen molar-refractivity contribution in [1.82, 2.24) is 20.5 Å². The van der Waals surface area contributed by atoms with Gasteiger partial charge in [-0.1, -0.05) is 30.3 Å². The highest BCUT2D eigenvalue weighted by atomic mass is 16.5. The Kier molecular flexibility index (Phi) is 4.76. The fourth-order valence-corrected chi connectivity index (χ4v) is 4.28. The number of fused-ring (bicyclic) bond motifs is 3. The monoisotopic (exact) mass is 408 g/mol. The van der Waals surface area contributed by atoms with Crippen molar-refractivity contribution in [2.75, 3.05) is 23.4 Å². The Bertz CT molecular complexity index is 1050. The summed E-state index contributed by atoms with van der Waals surface area (Å²) in [5, 5.41) is 24.1. The largest absolute Gasteiger partial charge is 0.391 e. The van der Waals surface area contributed by atoms with E-state index in [1.807, 2.05) is 30.3 Å². The lowest BCUT2D eigenvalue weighted by Crippen LogP contribution is -2.38. The number of aromatic amines is 1. The van der Waals surface area contributed by atoms with Crippen LogP contribution in [0.2, 0.25) is 0 Å². The summed E-state index contributed by atoms with van der Waals surface area (Å²) in [6, 6.07) is 10.5. The van der Waals surface area contributed by atoms with Crippen molar-refractivity contribution in [1.29, 1.82) is 0 Å². The van der Waals surface area contributed by atoms with Gasteiger partial charge in [0.1, 0.15) is 5.82 Å². The van der Waals surface area contributed by atoms with Gasteiger partial charge in [0.2, 0.25) is 0 Å². The zero-order valence-electron chi connectivity index (χ0n) is 16.6. The predicted molar refractivity (Wildman–Crippen MR) is 112 cm³/mol. The first-order valence-electron chi connectivity index (χ1n) is 10.1. The molecule has 1 aromatic carbocycles. The van der Waals surface area contributed by atoms with Crippen molar-refractivity contribution in [3.63, 3.8) is 0 Å². The summed E-state index contributed by atoms with van der Waals surface area (Å²) in [7, 11) is 0. The van der Waals surface area contributed by atoms with Gasteiger partial charge in [0.15, 0.2) is 5.82 Å². The summed E-state index contributed by atoms with van der Waals surface area (Å²) in [4.78, 5) is 19.2. The molecule has 2 saturated heterocycles. The molecule has 2 aliphatic rings. The lowest BCUT2D eigenvalue weighted by molar-refractivity contribution is 0.0989. The van der Waals surface area contributed by atoms with Gasteiger partial charge >= 0.3 is 6.03 Å². The smallest absolute Gasteiger partial charge is 0.320 e. The molecule has 4 N–H and O–H groups in total. The Morgan fingerprint density at radius 2 is 2.20 bits per heavy atom. The lowest BCUT2D eigenvalue weighted by atomic mass is 10.0. The number of ether oxygens (including phenoxy) is 1. The fourth-order valence-electron chi connectivity index (χ4n) is 4.28. The average Bonchev–Trinajstić information content (AvgIpc) is 3.47. The van der Waals surface area contributed by atoms with Crippen LogP contribution in [0, 0.1) is 0 Å². The standard InChI is InChI=1S/C21H24N6O3/c1-12(28)19(13-5-3-2-4-6-13)24-21(29)23-18-8-17-16(9-22-18)20(26-25-17)27-10-15-7-14(27)11-30-15/h2-6,8-9,12,14-15,19,28H,7,10-11H2,1H3,(H,25,26)(H2,22,23,24,29)/t12-,14?,15?,19-/m1/s1. The van der Waals surface area contributed by atoms with E-state index in [4.69, 9.17) is 4.74 Å². The number of benzene rings is 1. The second-order valence-electron chi connectivity index (χ2n) is 7.89. The maximum absolute atomic E-state index is 12.5. The van der Waals surface area contributed by atoms with Crippen LogP contribution in [0.25, 0.3) is 10.9 Å². The number of aliphatic hydroxyl groups excluding tert-OH is 1. The maximum Gasteiger partial charge on any atom is 0.320 e. The van der Waals surface area contributed by atoms with Gasteiger partial charge in [0.05, 0.1) is 41.8 Å². The highest BCUT2D eigenvalue weighted by Gasteiger charge is 2.40. The van der Waals surface area contributed by atoms with Gasteiger partial charge in [0.25, 0.3) is 0 Å². The molecule has 0 radical (unpaired) electrons. The Morgan fingerprint density at radius 1 is 1.37 bits per heavy atom. The quantitative estimate of drug-likeness (QED) is 0.514. The minimum atomic E-state index is -0.747. The number of rotatable bonds is 5. The first kappa shape index (κ1) is 18.8. The van der Waals surface area contributed by atoms with Crippen molar-refractivity contribution in [2.24, 2.45) is 0 Å². The molecule has 5 rings (SSSR count). The van der Waals surface area contributed by atoms with Gasteiger partial charge in [-0.2, -0.15) is 5.10 Å². The molecule has 4 atom stereocenters. The van der Waals surface area contributed by atoms with Crippen LogP contribution in [0.5, 0.6) is 0 Å². The summed E-state index contributed by atoms with van der Waals surface area (Å²) >= 11 is 0. The molecule has 9 nitrogen and oxygen atoms in total. The number of urea groups is 1. The van der Waals surface area contributed by atoms with Crippen LogP contribution in [0.1, 0.15) is 24.9 Å². The SMILES string of the molecule is C[C@@H](O)[C@@H](NC(=O)Nc1cc2[nH]nc(N3CC4CC3CO4)c2cn1)c1ccccc1. The van der Waals surface area contributed by atoms with Gasteiger partial charge in [-0.15, -0.1) is 0 Å². The third kappa shape index (κ3) is 3.46. The van der Waals surface area contributed by atoms with Crippen molar-refractivity contribution in [3.8, 4) is 0 Å². The minimum absolute atomic E-state index is 0.283. The van der Waals surface area contributed by atoms with E-state index in [0.717, 1.165) is 41.9 Å². The van der Waals surface area contributed by atoms with Crippen molar-refractivity contribution >= 4 is 28.6 Å². The molecule has 0 spiro atoms. The third-order valence-electron chi connectivity index (χ3n) is 5.77. The van der Waals surface area contributed by atoms with E-state index in [9.17, 15) is 9.90 Å². The number of carbonyl (C=O) groups is 1. The summed E-state index contributed by atoms with van der Waals surface area (Å²) < 4.78 is 5.67. The number of nitrogens with zero attached hydrogens (tertiary/aromatic N) is 3. The zero-order valence-corrected chi connectivity index (χ0v) is 16.6. The van der Waals surface area contributed by atoms with Crippen LogP contribution in [-0.4, -0.2) is 57.7 Å². The molecule has 30 heavy (non-hydrogen) atoms. The first-order valence-corrected chi connectivity index (χ1v) is 10.1. The molecule has 156 valence electrons. The summed E-state index contributed by atoms with van der Waals surface area (Å²) in [6.45, 7) is 3.22. The Labute approximate surface area is 173 Å². The lowest BCUT2D eigenvalue weighted by Gasteiger charge is -2.26. The normalized spacial score (nSPS) is 22.3. The number of H-pyrrole nitrogens is 1. The van der Waals surface area contributed by atoms with Crippen molar-refractivity contribution in [3.05, 3.63) is 48.2 Å². The summed E-state index contributed by atoms with van der Waals surface area (Å²) in [5.41, 5.74) is 1.63. The maximum atomic E-state index is 12.5. The second kappa shape index (κ2) is 7.58. The molecule has 2 unspecified atom stereocenters. The molecular formula is C21H24N6O3.